The molecule has 0 N–H and O–H groups in total. The van der Waals surface area contributed by atoms with Crippen molar-refractivity contribution in [3.05, 3.63) is 48.0 Å². The van der Waals surface area contributed by atoms with Gasteiger partial charge in [-0.2, -0.15) is 0 Å². The SMILES string of the molecule is C=CCN(C(=O)c1ccc(CBr)cc1)C(C)(C)C. The van der Waals surface area contributed by atoms with Gasteiger partial charge in [-0.15, -0.1) is 6.58 Å². The Morgan fingerprint density at radius 2 is 1.89 bits per heavy atom. The molecule has 2 nitrogen and oxygen atoms in total. The molecular weight excluding hydrogens is 290 g/mol. The molecule has 0 aliphatic carbocycles. The van der Waals surface area contributed by atoms with Gasteiger partial charge in [0, 0.05) is 23.0 Å². The quantitative estimate of drug-likeness (QED) is 0.608. The van der Waals surface area contributed by atoms with Gasteiger partial charge in [0.05, 0.1) is 0 Å². The summed E-state index contributed by atoms with van der Waals surface area (Å²) in [5.74, 6) is 0.0449. The van der Waals surface area contributed by atoms with Gasteiger partial charge in [0.1, 0.15) is 0 Å². The van der Waals surface area contributed by atoms with Gasteiger partial charge >= 0.3 is 0 Å². The van der Waals surface area contributed by atoms with Crippen LogP contribution in [0.15, 0.2) is 36.9 Å². The molecule has 0 radical (unpaired) electrons. The first-order valence-corrected chi connectivity index (χ1v) is 7.10. The zero-order valence-corrected chi connectivity index (χ0v) is 12.8. The van der Waals surface area contributed by atoms with Crippen molar-refractivity contribution >= 4 is 21.8 Å². The predicted molar refractivity (Wildman–Crippen MR) is 80.1 cm³/mol. The summed E-state index contributed by atoms with van der Waals surface area (Å²) >= 11 is 3.40. The summed E-state index contributed by atoms with van der Waals surface area (Å²) < 4.78 is 0. The third-order valence-corrected chi connectivity index (χ3v) is 3.37. The maximum Gasteiger partial charge on any atom is 0.254 e. The Kier molecular flexibility index (Phi) is 5.15. The molecule has 0 aromatic heterocycles. The summed E-state index contributed by atoms with van der Waals surface area (Å²) in [4.78, 5) is 14.3. The third kappa shape index (κ3) is 3.70. The highest BCUT2D eigenvalue weighted by Crippen LogP contribution is 2.18. The zero-order valence-electron chi connectivity index (χ0n) is 11.2. The third-order valence-electron chi connectivity index (χ3n) is 2.72. The van der Waals surface area contributed by atoms with E-state index >= 15 is 0 Å². The van der Waals surface area contributed by atoms with Crippen molar-refractivity contribution < 1.29 is 4.79 Å². The van der Waals surface area contributed by atoms with Crippen LogP contribution in [-0.2, 0) is 5.33 Å². The number of carbonyl (C=O) groups excluding carboxylic acids is 1. The largest absolute Gasteiger partial charge is 0.330 e. The predicted octanol–water partition coefficient (Wildman–Crippen LogP) is 4.01. The molecular formula is C15H20BrNO. The fraction of sp³-hybridized carbons (Fsp3) is 0.400. The molecule has 0 fully saturated rings. The Labute approximate surface area is 118 Å². The molecule has 0 spiro atoms. The van der Waals surface area contributed by atoms with Gasteiger partial charge in [0.2, 0.25) is 0 Å². The molecule has 1 amide bonds. The van der Waals surface area contributed by atoms with Crippen LogP contribution in [0, 0.1) is 0 Å². The van der Waals surface area contributed by atoms with E-state index in [2.05, 4.69) is 22.5 Å². The Bertz CT molecular complexity index is 417. The van der Waals surface area contributed by atoms with Crippen LogP contribution in [-0.4, -0.2) is 22.9 Å². The van der Waals surface area contributed by atoms with E-state index in [4.69, 9.17) is 0 Å². The summed E-state index contributed by atoms with van der Waals surface area (Å²) in [6.45, 7) is 10.4. The molecule has 1 rings (SSSR count). The Hall–Kier alpha value is -1.09. The van der Waals surface area contributed by atoms with Crippen LogP contribution in [0.4, 0.5) is 0 Å². The standard InChI is InChI=1S/C15H20BrNO/c1-5-10-17(15(2,3)4)14(18)13-8-6-12(11-16)7-9-13/h5-9H,1,10-11H2,2-4H3. The monoisotopic (exact) mass is 309 g/mol. The van der Waals surface area contributed by atoms with E-state index in [-0.39, 0.29) is 11.4 Å². The molecule has 1 aromatic carbocycles. The molecule has 3 heteroatoms. The summed E-state index contributed by atoms with van der Waals surface area (Å²) in [7, 11) is 0. The highest BCUT2D eigenvalue weighted by molar-refractivity contribution is 9.08. The van der Waals surface area contributed by atoms with Crippen LogP contribution < -0.4 is 0 Å². The molecule has 0 saturated carbocycles. The molecule has 18 heavy (non-hydrogen) atoms. The second-order valence-electron chi connectivity index (χ2n) is 5.21. The average Bonchev–Trinajstić information content (AvgIpc) is 2.34. The average molecular weight is 310 g/mol. The van der Waals surface area contributed by atoms with Crippen molar-refractivity contribution in [2.75, 3.05) is 6.54 Å². The minimum atomic E-state index is -0.209. The van der Waals surface area contributed by atoms with Crippen LogP contribution in [0.25, 0.3) is 0 Å². The molecule has 0 aliphatic rings. The van der Waals surface area contributed by atoms with Crippen LogP contribution >= 0.6 is 15.9 Å². The van der Waals surface area contributed by atoms with Gasteiger partial charge in [0.15, 0.2) is 0 Å². The van der Waals surface area contributed by atoms with Crippen molar-refractivity contribution in [2.45, 2.75) is 31.6 Å². The highest BCUT2D eigenvalue weighted by Gasteiger charge is 2.25. The molecule has 1 aromatic rings. The van der Waals surface area contributed by atoms with E-state index in [0.29, 0.717) is 6.54 Å². The van der Waals surface area contributed by atoms with E-state index in [1.54, 1.807) is 6.08 Å². The molecule has 0 atom stereocenters. The Balaban J connectivity index is 2.98. The van der Waals surface area contributed by atoms with Crippen molar-refractivity contribution in [3.63, 3.8) is 0 Å². The lowest BCUT2D eigenvalue weighted by Crippen LogP contribution is -2.45. The first kappa shape index (κ1) is 15.0. The minimum absolute atomic E-state index is 0.0449. The fourth-order valence-corrected chi connectivity index (χ4v) is 2.06. The smallest absolute Gasteiger partial charge is 0.254 e. The van der Waals surface area contributed by atoms with Crippen LogP contribution in [0.5, 0.6) is 0 Å². The van der Waals surface area contributed by atoms with Gasteiger partial charge in [-0.25, -0.2) is 0 Å². The van der Waals surface area contributed by atoms with Gasteiger partial charge in [0.25, 0.3) is 5.91 Å². The normalized spacial score (nSPS) is 11.1. The summed E-state index contributed by atoms with van der Waals surface area (Å²) in [5.41, 5.74) is 1.67. The lowest BCUT2D eigenvalue weighted by Gasteiger charge is -2.35. The first-order valence-electron chi connectivity index (χ1n) is 5.98. The summed E-state index contributed by atoms with van der Waals surface area (Å²) in [6.07, 6.45) is 1.76. The van der Waals surface area contributed by atoms with Crippen LogP contribution in [0.3, 0.4) is 0 Å². The maximum absolute atomic E-state index is 12.4. The molecule has 0 unspecified atom stereocenters. The number of benzene rings is 1. The second kappa shape index (κ2) is 6.19. The van der Waals surface area contributed by atoms with Crippen molar-refractivity contribution in [1.29, 1.82) is 0 Å². The molecule has 0 bridgehead atoms. The number of hydrogen-bond donors (Lipinski definition) is 0. The van der Waals surface area contributed by atoms with E-state index < -0.39 is 0 Å². The lowest BCUT2D eigenvalue weighted by molar-refractivity contribution is 0.0616. The van der Waals surface area contributed by atoms with Gasteiger partial charge in [-0.05, 0) is 38.5 Å². The number of amides is 1. The van der Waals surface area contributed by atoms with Gasteiger partial charge < -0.3 is 4.90 Å². The first-order chi connectivity index (χ1) is 8.40. The van der Waals surface area contributed by atoms with Crippen LogP contribution in [0.2, 0.25) is 0 Å². The molecule has 98 valence electrons. The summed E-state index contributed by atoms with van der Waals surface area (Å²) in [6, 6.07) is 7.69. The van der Waals surface area contributed by atoms with E-state index in [1.807, 2.05) is 49.9 Å². The maximum atomic E-state index is 12.4. The number of carbonyl (C=O) groups is 1. The summed E-state index contributed by atoms with van der Waals surface area (Å²) in [5, 5.41) is 0.803. The fourth-order valence-electron chi connectivity index (χ4n) is 1.68. The molecule has 0 aliphatic heterocycles. The van der Waals surface area contributed by atoms with Gasteiger partial charge in [-0.3, -0.25) is 4.79 Å². The van der Waals surface area contributed by atoms with Crippen molar-refractivity contribution in [1.82, 2.24) is 4.90 Å². The Morgan fingerprint density at radius 1 is 1.33 bits per heavy atom. The lowest BCUT2D eigenvalue weighted by atomic mass is 10.0. The minimum Gasteiger partial charge on any atom is -0.330 e. The number of halogens is 1. The highest BCUT2D eigenvalue weighted by atomic mass is 79.9. The van der Waals surface area contributed by atoms with Crippen LogP contribution in [0.1, 0.15) is 36.7 Å². The van der Waals surface area contributed by atoms with E-state index in [1.165, 1.54) is 0 Å². The van der Waals surface area contributed by atoms with E-state index in [9.17, 15) is 4.79 Å². The Morgan fingerprint density at radius 3 is 2.28 bits per heavy atom. The zero-order chi connectivity index (χ0) is 13.8. The number of hydrogen-bond acceptors (Lipinski definition) is 1. The second-order valence-corrected chi connectivity index (χ2v) is 5.77. The molecule has 0 heterocycles. The van der Waals surface area contributed by atoms with Gasteiger partial charge in [-0.1, -0.05) is 34.1 Å². The van der Waals surface area contributed by atoms with Crippen molar-refractivity contribution in [3.8, 4) is 0 Å². The number of alkyl halides is 1. The van der Waals surface area contributed by atoms with E-state index in [0.717, 1.165) is 16.5 Å². The molecule has 0 saturated heterocycles. The van der Waals surface area contributed by atoms with Crippen molar-refractivity contribution in [2.24, 2.45) is 0 Å². The topological polar surface area (TPSA) is 20.3 Å². The number of rotatable bonds is 4. The number of nitrogens with zero attached hydrogens (tertiary/aromatic N) is 1.